The van der Waals surface area contributed by atoms with Crippen LogP contribution >= 0.6 is 35.0 Å². The summed E-state index contributed by atoms with van der Waals surface area (Å²) in [5.41, 5.74) is 0.750. The van der Waals surface area contributed by atoms with Gasteiger partial charge in [-0.05, 0) is 36.8 Å². The van der Waals surface area contributed by atoms with Gasteiger partial charge in [-0.15, -0.1) is 10.2 Å². The molecule has 146 valence electrons. The first-order chi connectivity index (χ1) is 13.6. The summed E-state index contributed by atoms with van der Waals surface area (Å²) in [7, 11) is 0. The molecule has 1 aromatic heterocycles. The minimum atomic E-state index is -0.135. The van der Waals surface area contributed by atoms with E-state index in [2.05, 4.69) is 15.5 Å². The van der Waals surface area contributed by atoms with Crippen molar-refractivity contribution in [3.05, 3.63) is 64.5 Å². The third-order valence-electron chi connectivity index (χ3n) is 3.52. The number of halogens is 2. The highest BCUT2D eigenvalue weighted by molar-refractivity contribution is 7.99. The van der Waals surface area contributed by atoms with E-state index in [4.69, 9.17) is 32.4 Å². The highest BCUT2D eigenvalue weighted by atomic mass is 35.5. The molecule has 28 heavy (non-hydrogen) atoms. The number of aryl methyl sites for hydroxylation is 1. The normalized spacial score (nSPS) is 10.6. The number of aromatic nitrogens is 2. The Morgan fingerprint density at radius 3 is 2.75 bits per heavy atom. The van der Waals surface area contributed by atoms with Gasteiger partial charge in [0.1, 0.15) is 5.75 Å². The van der Waals surface area contributed by atoms with Gasteiger partial charge < -0.3 is 14.5 Å². The van der Waals surface area contributed by atoms with E-state index in [1.54, 1.807) is 18.2 Å². The summed E-state index contributed by atoms with van der Waals surface area (Å²) in [5, 5.41) is 12.1. The van der Waals surface area contributed by atoms with Crippen LogP contribution in [0.4, 0.5) is 5.69 Å². The molecule has 0 atom stereocenters. The van der Waals surface area contributed by atoms with Crippen LogP contribution in [0, 0.1) is 0 Å². The van der Waals surface area contributed by atoms with Crippen molar-refractivity contribution in [2.45, 2.75) is 18.1 Å². The van der Waals surface area contributed by atoms with Crippen LogP contribution in [0.1, 0.15) is 12.3 Å². The van der Waals surface area contributed by atoms with E-state index in [9.17, 15) is 4.79 Å². The molecule has 9 heteroatoms. The molecule has 0 radical (unpaired) electrons. The third kappa shape index (κ3) is 6.44. The van der Waals surface area contributed by atoms with Crippen molar-refractivity contribution >= 4 is 46.6 Å². The Bertz CT molecular complexity index is 922. The summed E-state index contributed by atoms with van der Waals surface area (Å²) in [6.07, 6.45) is 1.24. The highest BCUT2D eigenvalue weighted by Gasteiger charge is 2.10. The Hall–Kier alpha value is -2.22. The number of carbonyl (C=O) groups excluding carboxylic acids is 1. The number of nitrogens with zero attached hydrogens (tertiary/aromatic N) is 2. The largest absolute Gasteiger partial charge is 0.492 e. The maximum Gasteiger partial charge on any atom is 0.277 e. The Labute approximate surface area is 176 Å². The zero-order valence-corrected chi connectivity index (χ0v) is 17.1. The summed E-state index contributed by atoms with van der Waals surface area (Å²) >= 11 is 13.1. The smallest absolute Gasteiger partial charge is 0.277 e. The molecule has 0 bridgehead atoms. The van der Waals surface area contributed by atoms with Crippen LogP contribution in [-0.2, 0) is 11.2 Å². The monoisotopic (exact) mass is 437 g/mol. The molecule has 0 unspecified atom stereocenters. The zero-order valence-electron chi connectivity index (χ0n) is 14.7. The lowest BCUT2D eigenvalue weighted by Gasteiger charge is -2.07. The van der Waals surface area contributed by atoms with Crippen LogP contribution in [0.2, 0.25) is 10.0 Å². The van der Waals surface area contributed by atoms with Crippen molar-refractivity contribution in [3.8, 4) is 5.75 Å². The molecule has 2 aromatic carbocycles. The van der Waals surface area contributed by atoms with E-state index in [0.717, 1.165) is 5.69 Å². The van der Waals surface area contributed by atoms with E-state index in [1.165, 1.54) is 11.8 Å². The molecule has 1 heterocycles. The van der Waals surface area contributed by atoms with E-state index in [1.807, 2.05) is 30.3 Å². The Kier molecular flexibility index (Phi) is 7.59. The number of hydrogen-bond acceptors (Lipinski definition) is 6. The lowest BCUT2D eigenvalue weighted by atomic mass is 10.3. The van der Waals surface area contributed by atoms with Gasteiger partial charge in [-0.1, -0.05) is 53.2 Å². The number of ether oxygens (including phenoxy) is 1. The number of benzene rings is 2. The number of hydrogen-bond donors (Lipinski definition) is 1. The summed E-state index contributed by atoms with van der Waals surface area (Å²) < 4.78 is 11.2. The molecule has 1 amide bonds. The van der Waals surface area contributed by atoms with Gasteiger partial charge in [0.15, 0.2) is 0 Å². The van der Waals surface area contributed by atoms with Crippen molar-refractivity contribution in [2.24, 2.45) is 0 Å². The van der Waals surface area contributed by atoms with Gasteiger partial charge in [0.25, 0.3) is 5.22 Å². The van der Waals surface area contributed by atoms with Gasteiger partial charge in [0, 0.05) is 17.1 Å². The van der Waals surface area contributed by atoms with Gasteiger partial charge in [0.2, 0.25) is 11.8 Å². The van der Waals surface area contributed by atoms with E-state index in [-0.39, 0.29) is 11.7 Å². The molecule has 0 fully saturated rings. The molecule has 0 saturated heterocycles. The number of amides is 1. The maximum atomic E-state index is 11.9. The summed E-state index contributed by atoms with van der Waals surface area (Å²) in [6.45, 7) is 0.450. The van der Waals surface area contributed by atoms with Gasteiger partial charge in [-0.2, -0.15) is 0 Å². The fraction of sp³-hybridized carbons (Fsp3) is 0.211. The molecule has 3 rings (SSSR count). The number of carbonyl (C=O) groups is 1. The van der Waals surface area contributed by atoms with Gasteiger partial charge >= 0.3 is 0 Å². The van der Waals surface area contributed by atoms with E-state index < -0.39 is 0 Å². The number of anilines is 1. The fourth-order valence-electron chi connectivity index (χ4n) is 2.24. The minimum absolute atomic E-state index is 0.135. The second-order valence-corrected chi connectivity index (χ2v) is 7.46. The van der Waals surface area contributed by atoms with E-state index >= 15 is 0 Å². The molecule has 0 spiro atoms. The first-order valence-electron chi connectivity index (χ1n) is 8.48. The van der Waals surface area contributed by atoms with Crippen molar-refractivity contribution in [3.63, 3.8) is 0 Å². The standard InChI is InChI=1S/C19H17Cl2N3O3S/c20-13-8-9-16(15(21)11-13)26-10-4-7-18-23-24-19(27-18)28-12-17(25)22-14-5-2-1-3-6-14/h1-3,5-6,8-9,11H,4,7,10,12H2,(H,22,25). The second-order valence-electron chi connectivity index (χ2n) is 5.69. The lowest BCUT2D eigenvalue weighted by Crippen LogP contribution is -2.13. The van der Waals surface area contributed by atoms with Gasteiger partial charge in [-0.3, -0.25) is 4.79 Å². The highest BCUT2D eigenvalue weighted by Crippen LogP contribution is 2.27. The molecular formula is C19H17Cl2N3O3S. The van der Waals surface area contributed by atoms with Gasteiger partial charge in [-0.25, -0.2) is 0 Å². The molecule has 6 nitrogen and oxygen atoms in total. The number of nitrogens with one attached hydrogen (secondary N) is 1. The zero-order chi connectivity index (χ0) is 19.8. The predicted molar refractivity (Wildman–Crippen MR) is 110 cm³/mol. The lowest BCUT2D eigenvalue weighted by molar-refractivity contribution is -0.113. The molecule has 1 N–H and O–H groups in total. The third-order valence-corrected chi connectivity index (χ3v) is 4.87. The summed E-state index contributed by atoms with van der Waals surface area (Å²) in [5.74, 6) is 1.13. The summed E-state index contributed by atoms with van der Waals surface area (Å²) in [4.78, 5) is 11.9. The topological polar surface area (TPSA) is 77.2 Å². The summed E-state index contributed by atoms with van der Waals surface area (Å²) in [6, 6.07) is 14.3. The molecular weight excluding hydrogens is 421 g/mol. The second kappa shape index (κ2) is 10.4. The van der Waals surface area contributed by atoms with Crippen LogP contribution in [0.3, 0.4) is 0 Å². The van der Waals surface area contributed by atoms with Crippen molar-refractivity contribution in [1.82, 2.24) is 10.2 Å². The van der Waals surface area contributed by atoms with Crippen LogP contribution in [0.5, 0.6) is 5.75 Å². The van der Waals surface area contributed by atoms with Crippen LogP contribution in [-0.4, -0.2) is 28.5 Å². The Morgan fingerprint density at radius 2 is 1.96 bits per heavy atom. The predicted octanol–water partition coefficient (Wildman–Crippen LogP) is 5.12. The maximum absolute atomic E-state index is 11.9. The van der Waals surface area contributed by atoms with Crippen LogP contribution < -0.4 is 10.1 Å². The van der Waals surface area contributed by atoms with Crippen molar-refractivity contribution in [2.75, 3.05) is 17.7 Å². The Balaban J connectivity index is 1.37. The molecule has 0 aliphatic rings. The Morgan fingerprint density at radius 1 is 1.14 bits per heavy atom. The molecule has 0 saturated carbocycles. The van der Waals surface area contributed by atoms with Gasteiger partial charge in [0.05, 0.1) is 17.4 Å². The molecule has 0 aliphatic heterocycles. The SMILES string of the molecule is O=C(CSc1nnc(CCCOc2ccc(Cl)cc2Cl)o1)Nc1ccccc1. The van der Waals surface area contributed by atoms with E-state index in [0.29, 0.717) is 46.4 Å². The van der Waals surface area contributed by atoms with Crippen molar-refractivity contribution in [1.29, 1.82) is 0 Å². The van der Waals surface area contributed by atoms with Crippen LogP contribution in [0.15, 0.2) is 58.2 Å². The average molecular weight is 438 g/mol. The number of para-hydroxylation sites is 1. The van der Waals surface area contributed by atoms with Crippen LogP contribution in [0.25, 0.3) is 0 Å². The average Bonchev–Trinajstić information content (AvgIpc) is 3.14. The number of rotatable bonds is 9. The molecule has 3 aromatic rings. The first kappa shape index (κ1) is 20.5. The quantitative estimate of drug-likeness (QED) is 0.369. The molecule has 0 aliphatic carbocycles. The van der Waals surface area contributed by atoms with Crippen molar-refractivity contribution < 1.29 is 13.9 Å². The first-order valence-corrected chi connectivity index (χ1v) is 10.2. The fourth-order valence-corrected chi connectivity index (χ4v) is 3.28. The number of thioether (sulfide) groups is 1. The minimum Gasteiger partial charge on any atom is -0.492 e.